The molecule has 4 fully saturated rings. The first-order valence-corrected chi connectivity index (χ1v) is 19.9. The Kier molecular flexibility index (Phi) is 15.0. The number of hydrogen-bond donors (Lipinski definition) is 0. The van der Waals surface area contributed by atoms with Gasteiger partial charge >= 0.3 is 19.5 Å². The van der Waals surface area contributed by atoms with Crippen molar-refractivity contribution >= 4 is 26.5 Å². The summed E-state index contributed by atoms with van der Waals surface area (Å²) in [5, 5.41) is 2.97. The standard InChI is InChI=1S/C31H39P2.C10H15.Ru/c1-25(32(26-15-6-2-7-16-26)27-17-8-3-9-18-27)30-23-14-24-31(30)33(28-19-10-4-11-20-28)29-21-12-5-13-22-29;1-6-7(2)9(4)10(5)8(6)3;/h4-5,10-14,19-27H,2-3,6-9,15-18H2,1H3;1-5H3;/q;;+2/t25-;;/m0../s1. The summed E-state index contributed by atoms with van der Waals surface area (Å²) in [6.45, 7) is 13.6. The number of hydrogen-bond acceptors (Lipinski definition) is 0. The average molecular weight is 710 g/mol. The van der Waals surface area contributed by atoms with Crippen LogP contribution in [0.25, 0.3) is 0 Å². The fourth-order valence-corrected chi connectivity index (χ4v) is 14.8. The summed E-state index contributed by atoms with van der Waals surface area (Å²) in [6, 6.07) is 22.6. The van der Waals surface area contributed by atoms with E-state index in [1.54, 1.807) is 11.6 Å². The van der Waals surface area contributed by atoms with Gasteiger partial charge in [0.05, 0.1) is 0 Å². The summed E-state index contributed by atoms with van der Waals surface area (Å²) >= 11 is 0. The molecule has 0 amide bonds. The Balaban J connectivity index is 0.000000344. The van der Waals surface area contributed by atoms with Crippen molar-refractivity contribution in [3.8, 4) is 0 Å². The van der Waals surface area contributed by atoms with E-state index in [0.29, 0.717) is 5.66 Å². The van der Waals surface area contributed by atoms with Gasteiger partial charge < -0.3 is 0 Å². The van der Waals surface area contributed by atoms with E-state index >= 15 is 0 Å². The zero-order chi connectivity index (χ0) is 30.3. The summed E-state index contributed by atoms with van der Waals surface area (Å²) in [7, 11) is -0.489. The molecule has 44 heavy (non-hydrogen) atoms. The van der Waals surface area contributed by atoms with Crippen molar-refractivity contribution in [1.29, 1.82) is 0 Å². The van der Waals surface area contributed by atoms with Gasteiger partial charge in [-0.2, -0.15) is 0 Å². The van der Waals surface area contributed by atoms with Gasteiger partial charge in [0.25, 0.3) is 0 Å². The van der Waals surface area contributed by atoms with E-state index in [-0.39, 0.29) is 27.4 Å². The second-order valence-corrected chi connectivity index (χ2v) is 18.5. The third kappa shape index (κ3) is 8.68. The van der Waals surface area contributed by atoms with Crippen LogP contribution in [0.15, 0.2) is 60.7 Å². The summed E-state index contributed by atoms with van der Waals surface area (Å²) in [5.74, 6) is 9.01. The Hall–Kier alpha value is -0.0766. The van der Waals surface area contributed by atoms with Crippen molar-refractivity contribution in [3.05, 3.63) is 121 Å². The molecule has 1 atom stereocenters. The van der Waals surface area contributed by atoms with Crippen LogP contribution < -0.4 is 10.6 Å². The molecule has 0 unspecified atom stereocenters. The van der Waals surface area contributed by atoms with Crippen LogP contribution in [0.1, 0.15) is 106 Å². The Bertz CT molecular complexity index is 960. The largest absolute Gasteiger partial charge is 2.00 e. The number of rotatable bonds is 7. The molecule has 2 aromatic rings. The molecule has 0 nitrogen and oxygen atoms in total. The van der Waals surface area contributed by atoms with Gasteiger partial charge in [-0.05, 0) is 116 Å². The summed E-state index contributed by atoms with van der Waals surface area (Å²) in [5.41, 5.74) is 4.33. The molecule has 0 saturated heterocycles. The van der Waals surface area contributed by atoms with Crippen LogP contribution in [0, 0.1) is 60.4 Å². The minimum atomic E-state index is -0.511. The van der Waals surface area contributed by atoms with Crippen molar-refractivity contribution in [3.63, 3.8) is 0 Å². The molecule has 0 spiro atoms. The van der Waals surface area contributed by atoms with Gasteiger partial charge in [-0.15, -0.1) is 0 Å². The van der Waals surface area contributed by atoms with Gasteiger partial charge in [-0.3, -0.25) is 0 Å². The molecule has 0 aliphatic heterocycles. The quantitative estimate of drug-likeness (QED) is 0.198. The fourth-order valence-electron chi connectivity index (χ4n) is 7.82. The van der Waals surface area contributed by atoms with E-state index in [1.807, 2.05) is 0 Å². The minimum Gasteiger partial charge on any atom is -0.0968 e. The summed E-state index contributed by atoms with van der Waals surface area (Å²) < 4.78 is 0. The zero-order valence-electron chi connectivity index (χ0n) is 28.1. The van der Waals surface area contributed by atoms with Gasteiger partial charge in [-0.25, -0.2) is 0 Å². The van der Waals surface area contributed by atoms with Gasteiger partial charge in [0.15, 0.2) is 0 Å². The summed E-state index contributed by atoms with van der Waals surface area (Å²) in [4.78, 5) is 0. The molecule has 234 valence electrons. The predicted molar refractivity (Wildman–Crippen MR) is 193 cm³/mol. The Morgan fingerprint density at radius 3 is 1.32 bits per heavy atom. The number of benzene rings is 2. The molecule has 2 aromatic carbocycles. The summed E-state index contributed by atoms with van der Waals surface area (Å²) in [6.07, 6.45) is 22.1. The van der Waals surface area contributed by atoms with Crippen LogP contribution in [0.5, 0.6) is 0 Å². The van der Waals surface area contributed by atoms with Crippen molar-refractivity contribution < 1.29 is 19.5 Å². The molecule has 4 aliphatic carbocycles. The maximum Gasteiger partial charge on any atom is 2.00 e. The second kappa shape index (κ2) is 17.9. The zero-order valence-corrected chi connectivity index (χ0v) is 31.6. The minimum absolute atomic E-state index is 0. The van der Waals surface area contributed by atoms with E-state index in [4.69, 9.17) is 0 Å². The third-order valence-electron chi connectivity index (χ3n) is 10.8. The fraction of sp³-hybridized carbons (Fsp3) is 0.463. The van der Waals surface area contributed by atoms with Gasteiger partial charge in [0.2, 0.25) is 0 Å². The predicted octanol–water partition coefficient (Wildman–Crippen LogP) is 11.4. The van der Waals surface area contributed by atoms with Gasteiger partial charge in [0.1, 0.15) is 0 Å². The molecular weight excluding hydrogens is 655 g/mol. The maximum absolute atomic E-state index is 2.62. The van der Waals surface area contributed by atoms with Gasteiger partial charge in [0, 0.05) is 5.66 Å². The molecule has 4 saturated carbocycles. The molecule has 0 aromatic heterocycles. The first kappa shape index (κ1) is 36.8. The normalized spacial score (nSPS) is 23.6. The topological polar surface area (TPSA) is 0 Å². The van der Waals surface area contributed by atoms with E-state index in [2.05, 4.69) is 121 Å². The molecule has 0 heterocycles. The van der Waals surface area contributed by atoms with Crippen molar-refractivity contribution in [1.82, 2.24) is 0 Å². The smallest absolute Gasteiger partial charge is 0.0968 e. The van der Waals surface area contributed by atoms with Crippen LogP contribution in [-0.4, -0.2) is 17.0 Å². The first-order chi connectivity index (χ1) is 20.9. The molecule has 0 N–H and O–H groups in total. The van der Waals surface area contributed by atoms with Crippen LogP contribution in [0.4, 0.5) is 0 Å². The molecule has 4 aliphatic rings. The molecule has 3 heteroatoms. The Morgan fingerprint density at radius 2 is 0.932 bits per heavy atom. The SMILES string of the molecule is C[C@@H]([C]1[CH][CH][CH][C]1P(c1ccccc1)c1ccccc1)P(C1CCCCC1)C1CCCCC1.C[C]1[C](C)[C](C)[C](C)[C]1C.[Ru+2]. The van der Waals surface area contributed by atoms with Crippen molar-refractivity contribution in [2.75, 3.05) is 0 Å². The Labute approximate surface area is 288 Å². The molecule has 10 radical (unpaired) electrons. The molecular formula is C41H54P2Ru+2. The van der Waals surface area contributed by atoms with Crippen LogP contribution >= 0.6 is 15.8 Å². The van der Waals surface area contributed by atoms with Crippen LogP contribution in [0.2, 0.25) is 0 Å². The van der Waals surface area contributed by atoms with E-state index in [1.165, 1.54) is 104 Å². The van der Waals surface area contributed by atoms with E-state index in [9.17, 15) is 0 Å². The maximum atomic E-state index is 2.62. The third-order valence-corrected chi connectivity index (χ3v) is 17.2. The second-order valence-electron chi connectivity index (χ2n) is 13.2. The first-order valence-electron chi connectivity index (χ1n) is 17.0. The van der Waals surface area contributed by atoms with Crippen molar-refractivity contribution in [2.45, 2.75) is 123 Å². The van der Waals surface area contributed by atoms with Crippen molar-refractivity contribution in [2.24, 2.45) is 0 Å². The molecule has 6 rings (SSSR count). The molecule has 0 bridgehead atoms. The van der Waals surface area contributed by atoms with Crippen LogP contribution in [0.3, 0.4) is 0 Å². The monoisotopic (exact) mass is 710 g/mol. The Morgan fingerprint density at radius 1 is 0.545 bits per heavy atom. The van der Waals surface area contributed by atoms with E-state index in [0.717, 1.165) is 11.3 Å². The van der Waals surface area contributed by atoms with Gasteiger partial charge in [-0.1, -0.05) is 149 Å². The van der Waals surface area contributed by atoms with Crippen LogP contribution in [-0.2, 0) is 19.5 Å². The van der Waals surface area contributed by atoms with E-state index < -0.39 is 7.92 Å². The average Bonchev–Trinajstić information content (AvgIpc) is 3.60.